The zero-order valence-corrected chi connectivity index (χ0v) is 18.4. The second-order valence-electron chi connectivity index (χ2n) is 8.04. The van der Waals surface area contributed by atoms with E-state index < -0.39 is 30.7 Å². The normalized spacial score (nSPS) is 25.1. The molecule has 0 bridgehead atoms. The molecule has 0 unspecified atom stereocenters. The third-order valence-corrected chi connectivity index (χ3v) is 5.63. The second kappa shape index (κ2) is 12.0. The van der Waals surface area contributed by atoms with E-state index in [2.05, 4.69) is 0 Å². The molecule has 3 aromatic rings. The van der Waals surface area contributed by atoms with E-state index in [0.29, 0.717) is 13.2 Å². The van der Waals surface area contributed by atoms with Gasteiger partial charge in [-0.2, -0.15) is 0 Å². The molecule has 5 atom stereocenters. The minimum atomic E-state index is -1.07. The van der Waals surface area contributed by atoms with Gasteiger partial charge in [-0.1, -0.05) is 91.0 Å². The van der Waals surface area contributed by atoms with Crippen LogP contribution < -0.4 is 0 Å². The molecule has 0 spiro atoms. The number of hydrogen-bond donors (Lipinski definition) is 2. The topological polar surface area (TPSA) is 77.4 Å². The first-order valence-electron chi connectivity index (χ1n) is 11.2. The van der Waals surface area contributed by atoms with Crippen molar-refractivity contribution in [1.82, 2.24) is 0 Å². The molecule has 0 amide bonds. The molecule has 6 nitrogen and oxygen atoms in total. The van der Waals surface area contributed by atoms with Gasteiger partial charge in [-0.15, -0.1) is 0 Å². The van der Waals surface area contributed by atoms with E-state index in [-0.39, 0.29) is 13.2 Å². The summed E-state index contributed by atoms with van der Waals surface area (Å²) in [5, 5.41) is 20.8. The van der Waals surface area contributed by atoms with Crippen molar-refractivity contribution in [2.24, 2.45) is 0 Å². The Labute approximate surface area is 194 Å². The molecule has 0 aliphatic carbocycles. The van der Waals surface area contributed by atoms with Gasteiger partial charge in [-0.3, -0.25) is 0 Å². The van der Waals surface area contributed by atoms with Crippen molar-refractivity contribution in [3.05, 3.63) is 108 Å². The molecule has 1 aliphatic rings. The maximum atomic E-state index is 10.9. The maximum absolute atomic E-state index is 10.9. The van der Waals surface area contributed by atoms with Crippen molar-refractivity contribution in [1.29, 1.82) is 0 Å². The van der Waals surface area contributed by atoms with Crippen molar-refractivity contribution in [2.75, 3.05) is 6.61 Å². The first kappa shape index (κ1) is 23.6. The highest BCUT2D eigenvalue weighted by molar-refractivity contribution is 5.15. The predicted molar refractivity (Wildman–Crippen MR) is 123 cm³/mol. The average molecular weight is 451 g/mol. The van der Waals surface area contributed by atoms with Gasteiger partial charge in [0.05, 0.1) is 26.4 Å². The summed E-state index contributed by atoms with van der Waals surface area (Å²) in [5.74, 6) is 0. The fourth-order valence-electron chi connectivity index (χ4n) is 3.83. The van der Waals surface area contributed by atoms with Crippen LogP contribution in [0.3, 0.4) is 0 Å². The van der Waals surface area contributed by atoms with Gasteiger partial charge in [0.15, 0.2) is 6.29 Å². The van der Waals surface area contributed by atoms with Crippen LogP contribution in [0.2, 0.25) is 0 Å². The van der Waals surface area contributed by atoms with E-state index in [1.165, 1.54) is 0 Å². The Morgan fingerprint density at radius 1 is 0.606 bits per heavy atom. The van der Waals surface area contributed by atoms with Crippen molar-refractivity contribution < 1.29 is 29.2 Å². The van der Waals surface area contributed by atoms with Crippen LogP contribution in [0.5, 0.6) is 0 Å². The van der Waals surface area contributed by atoms with Crippen LogP contribution in [0.4, 0.5) is 0 Å². The molecule has 0 saturated carbocycles. The van der Waals surface area contributed by atoms with Crippen molar-refractivity contribution in [3.63, 3.8) is 0 Å². The van der Waals surface area contributed by atoms with Gasteiger partial charge in [-0.25, -0.2) is 0 Å². The minimum Gasteiger partial charge on any atom is -0.394 e. The third kappa shape index (κ3) is 6.48. The van der Waals surface area contributed by atoms with Crippen LogP contribution in [0.25, 0.3) is 0 Å². The van der Waals surface area contributed by atoms with Gasteiger partial charge in [0, 0.05) is 0 Å². The molecular formula is C27H30O6. The SMILES string of the molecule is OC[C@H]1O[C@H](OCc2ccccc2)[C@H](OCc2ccccc2)[C@@H](OCc2ccccc2)[C@@H]1O. The van der Waals surface area contributed by atoms with Crippen molar-refractivity contribution in [2.45, 2.75) is 50.5 Å². The summed E-state index contributed by atoms with van der Waals surface area (Å²) < 4.78 is 24.4. The molecule has 3 aromatic carbocycles. The van der Waals surface area contributed by atoms with E-state index in [0.717, 1.165) is 16.7 Å². The Morgan fingerprint density at radius 3 is 1.48 bits per heavy atom. The number of aliphatic hydroxyl groups is 2. The van der Waals surface area contributed by atoms with Gasteiger partial charge in [0.25, 0.3) is 0 Å². The average Bonchev–Trinajstić information content (AvgIpc) is 2.88. The van der Waals surface area contributed by atoms with Gasteiger partial charge in [-0.05, 0) is 16.7 Å². The lowest BCUT2D eigenvalue weighted by Gasteiger charge is -2.43. The zero-order chi connectivity index (χ0) is 22.9. The molecule has 4 rings (SSSR count). The first-order chi connectivity index (χ1) is 16.2. The third-order valence-electron chi connectivity index (χ3n) is 5.63. The van der Waals surface area contributed by atoms with Crippen LogP contribution >= 0.6 is 0 Å². The smallest absolute Gasteiger partial charge is 0.187 e. The van der Waals surface area contributed by atoms with E-state index in [4.69, 9.17) is 18.9 Å². The number of hydrogen-bond acceptors (Lipinski definition) is 6. The molecule has 0 radical (unpaired) electrons. The molecule has 0 aromatic heterocycles. The number of ether oxygens (including phenoxy) is 4. The minimum absolute atomic E-state index is 0.289. The van der Waals surface area contributed by atoms with Crippen molar-refractivity contribution >= 4 is 0 Å². The monoisotopic (exact) mass is 450 g/mol. The van der Waals surface area contributed by atoms with Gasteiger partial charge < -0.3 is 29.2 Å². The highest BCUT2D eigenvalue weighted by Crippen LogP contribution is 2.29. The van der Waals surface area contributed by atoms with E-state index in [9.17, 15) is 10.2 Å². The highest BCUT2D eigenvalue weighted by Gasteiger charge is 2.47. The fraction of sp³-hybridized carbons (Fsp3) is 0.333. The maximum Gasteiger partial charge on any atom is 0.187 e. The Morgan fingerprint density at radius 2 is 1.03 bits per heavy atom. The van der Waals surface area contributed by atoms with E-state index in [1.807, 2.05) is 91.0 Å². The Hall–Kier alpha value is -2.58. The lowest BCUT2D eigenvalue weighted by Crippen LogP contribution is -2.60. The van der Waals surface area contributed by atoms with Crippen LogP contribution in [-0.2, 0) is 38.8 Å². The van der Waals surface area contributed by atoms with Gasteiger partial charge in [0.1, 0.15) is 24.4 Å². The molecule has 33 heavy (non-hydrogen) atoms. The quantitative estimate of drug-likeness (QED) is 0.493. The van der Waals surface area contributed by atoms with Crippen LogP contribution in [0, 0.1) is 0 Å². The van der Waals surface area contributed by atoms with Crippen LogP contribution in [-0.4, -0.2) is 47.5 Å². The summed E-state index contributed by atoms with van der Waals surface area (Å²) in [5.41, 5.74) is 2.94. The Kier molecular flexibility index (Phi) is 8.60. The van der Waals surface area contributed by atoms with E-state index in [1.54, 1.807) is 0 Å². The summed E-state index contributed by atoms with van der Waals surface area (Å²) in [7, 11) is 0. The molecular weight excluding hydrogens is 420 g/mol. The lowest BCUT2D eigenvalue weighted by atomic mass is 9.98. The lowest BCUT2D eigenvalue weighted by molar-refractivity contribution is -0.322. The molecule has 174 valence electrons. The van der Waals surface area contributed by atoms with Crippen LogP contribution in [0.1, 0.15) is 16.7 Å². The molecule has 1 saturated heterocycles. The van der Waals surface area contributed by atoms with Crippen molar-refractivity contribution in [3.8, 4) is 0 Å². The summed E-state index contributed by atoms with van der Waals surface area (Å²) in [6.45, 7) is 0.540. The predicted octanol–water partition coefficient (Wildman–Crippen LogP) is 3.45. The van der Waals surface area contributed by atoms with Gasteiger partial charge >= 0.3 is 0 Å². The fourth-order valence-corrected chi connectivity index (χ4v) is 3.83. The molecule has 6 heteroatoms. The molecule has 1 fully saturated rings. The van der Waals surface area contributed by atoms with Crippen LogP contribution in [0.15, 0.2) is 91.0 Å². The largest absolute Gasteiger partial charge is 0.394 e. The highest BCUT2D eigenvalue weighted by atomic mass is 16.7. The number of benzene rings is 3. The summed E-state index contributed by atoms with van der Waals surface area (Å²) in [4.78, 5) is 0. The summed E-state index contributed by atoms with van der Waals surface area (Å²) >= 11 is 0. The summed E-state index contributed by atoms with van der Waals surface area (Å²) in [6.07, 6.45) is -4.19. The molecule has 2 N–H and O–H groups in total. The number of rotatable bonds is 10. The first-order valence-corrected chi connectivity index (χ1v) is 11.2. The Bertz CT molecular complexity index is 937. The van der Waals surface area contributed by atoms with E-state index >= 15 is 0 Å². The zero-order valence-electron chi connectivity index (χ0n) is 18.4. The Balaban J connectivity index is 1.52. The summed E-state index contributed by atoms with van der Waals surface area (Å²) in [6, 6.07) is 29.2. The molecule has 1 aliphatic heterocycles. The second-order valence-corrected chi connectivity index (χ2v) is 8.04. The van der Waals surface area contributed by atoms with Gasteiger partial charge in [0.2, 0.25) is 0 Å². The number of aliphatic hydroxyl groups excluding tert-OH is 2. The standard InChI is InChI=1S/C27H30O6/c28-16-23-24(29)25(30-17-20-10-4-1-5-11-20)26(31-18-21-12-6-2-7-13-21)27(33-23)32-19-22-14-8-3-9-15-22/h1-15,23-29H,16-19H2/t23-,24-,25+,26-,27+/m1/s1. The molecule has 1 heterocycles.